The van der Waals surface area contributed by atoms with Crippen molar-refractivity contribution in [2.75, 3.05) is 25.9 Å². The number of aromatic nitrogens is 2. The molecule has 0 radical (unpaired) electrons. The first-order valence-electron chi connectivity index (χ1n) is 9.40. The number of hydrogen-bond acceptors (Lipinski definition) is 5. The molecular weight excluding hydrogens is 332 g/mol. The number of nitrogens with zero attached hydrogens (tertiary/aromatic N) is 3. The number of piperidine rings is 1. The maximum Gasteiger partial charge on any atom is 0.220 e. The van der Waals surface area contributed by atoms with Gasteiger partial charge in [0.25, 0.3) is 0 Å². The molecule has 25 heavy (non-hydrogen) atoms. The maximum absolute atomic E-state index is 12.1. The Hall–Kier alpha value is -1.14. The third-order valence-corrected chi connectivity index (χ3v) is 5.62. The third kappa shape index (κ3) is 6.26. The van der Waals surface area contributed by atoms with Crippen LogP contribution >= 0.6 is 11.8 Å². The Labute approximate surface area is 156 Å². The van der Waals surface area contributed by atoms with Gasteiger partial charge in [-0.2, -0.15) is 0 Å². The van der Waals surface area contributed by atoms with Gasteiger partial charge in [0.05, 0.1) is 0 Å². The Bertz CT molecular complexity index is 556. The summed E-state index contributed by atoms with van der Waals surface area (Å²) >= 11 is 1.55. The zero-order chi connectivity index (χ0) is 18.2. The van der Waals surface area contributed by atoms with E-state index in [-0.39, 0.29) is 5.91 Å². The third-order valence-electron chi connectivity index (χ3n) is 5.07. The molecule has 0 unspecified atom stereocenters. The molecule has 1 fully saturated rings. The molecule has 0 spiro atoms. The number of likely N-dealkylation sites (tertiary alicyclic amines) is 1. The fourth-order valence-electron chi connectivity index (χ4n) is 3.49. The van der Waals surface area contributed by atoms with Gasteiger partial charge in [0.2, 0.25) is 5.91 Å². The van der Waals surface area contributed by atoms with Crippen molar-refractivity contribution in [1.29, 1.82) is 0 Å². The Morgan fingerprint density at radius 1 is 1.28 bits per heavy atom. The molecule has 0 bridgehead atoms. The summed E-state index contributed by atoms with van der Waals surface area (Å²) in [6.07, 6.45) is 8.20. The van der Waals surface area contributed by atoms with Crippen LogP contribution in [0.3, 0.4) is 0 Å². The summed E-state index contributed by atoms with van der Waals surface area (Å²) in [5.74, 6) is 0.124. The van der Waals surface area contributed by atoms with Gasteiger partial charge in [0.1, 0.15) is 0 Å². The first-order valence-corrected chi connectivity index (χ1v) is 10.6. The number of carbonyl (C=O) groups excluding carboxylic acids is 1. The van der Waals surface area contributed by atoms with E-state index in [1.54, 1.807) is 11.8 Å². The van der Waals surface area contributed by atoms with Gasteiger partial charge in [-0.3, -0.25) is 4.79 Å². The molecule has 1 aromatic heterocycles. The number of amides is 1. The molecule has 1 amide bonds. The van der Waals surface area contributed by atoms with Crippen LogP contribution in [0.2, 0.25) is 0 Å². The fraction of sp³-hybridized carbons (Fsp3) is 0.737. The highest BCUT2D eigenvalue weighted by Gasteiger charge is 2.17. The van der Waals surface area contributed by atoms with Gasteiger partial charge in [-0.1, -0.05) is 18.2 Å². The summed E-state index contributed by atoms with van der Waals surface area (Å²) in [6, 6.07) is 0.694. The highest BCUT2D eigenvalue weighted by atomic mass is 32.2. The molecule has 0 aliphatic carbocycles. The maximum atomic E-state index is 12.1. The van der Waals surface area contributed by atoms with Crippen molar-refractivity contribution in [3.8, 4) is 0 Å². The van der Waals surface area contributed by atoms with E-state index in [9.17, 15) is 4.79 Å². The Balaban J connectivity index is 1.69. The molecule has 1 N–H and O–H groups in total. The van der Waals surface area contributed by atoms with Crippen LogP contribution < -0.4 is 5.32 Å². The van der Waals surface area contributed by atoms with E-state index in [0.717, 1.165) is 41.6 Å². The molecule has 5 nitrogen and oxygen atoms in total. The molecule has 0 aromatic carbocycles. The van der Waals surface area contributed by atoms with Crippen LogP contribution in [-0.2, 0) is 11.2 Å². The number of thioether (sulfide) groups is 1. The molecule has 1 aromatic rings. The standard InChI is InChI=1S/C19H32N4OS/c1-14-8-5-6-12-23(14)13-7-11-20-18(24)10-9-17-15(2)21-19(25-4)22-16(17)3/h14H,5-13H2,1-4H3,(H,20,24)/t14-/m1/s1. The van der Waals surface area contributed by atoms with Gasteiger partial charge >= 0.3 is 0 Å². The van der Waals surface area contributed by atoms with Gasteiger partial charge in [-0.15, -0.1) is 0 Å². The first-order chi connectivity index (χ1) is 12.0. The highest BCUT2D eigenvalue weighted by molar-refractivity contribution is 7.98. The van der Waals surface area contributed by atoms with Crippen molar-refractivity contribution in [2.45, 2.75) is 70.5 Å². The smallest absolute Gasteiger partial charge is 0.220 e. The van der Waals surface area contributed by atoms with Crippen LogP contribution in [0.1, 0.15) is 56.0 Å². The fourth-order valence-corrected chi connectivity index (χ4v) is 3.94. The summed E-state index contributed by atoms with van der Waals surface area (Å²) in [5, 5.41) is 3.86. The van der Waals surface area contributed by atoms with Crippen molar-refractivity contribution < 1.29 is 4.79 Å². The zero-order valence-corrected chi connectivity index (χ0v) is 16.9. The molecule has 1 aliphatic rings. The van der Waals surface area contributed by atoms with Gasteiger partial charge in [-0.05, 0) is 64.8 Å². The molecule has 1 aliphatic heterocycles. The number of hydrogen-bond donors (Lipinski definition) is 1. The van der Waals surface area contributed by atoms with E-state index < -0.39 is 0 Å². The Morgan fingerprint density at radius 2 is 2.00 bits per heavy atom. The summed E-state index contributed by atoms with van der Waals surface area (Å²) in [4.78, 5) is 23.6. The first kappa shape index (κ1) is 20.2. The summed E-state index contributed by atoms with van der Waals surface area (Å²) in [5.41, 5.74) is 3.09. The second kappa shape index (κ2) is 10.1. The van der Waals surface area contributed by atoms with Crippen LogP contribution in [0.4, 0.5) is 0 Å². The van der Waals surface area contributed by atoms with Crippen molar-refractivity contribution >= 4 is 17.7 Å². The predicted molar refractivity (Wildman–Crippen MR) is 104 cm³/mol. The number of aryl methyl sites for hydroxylation is 2. The van der Waals surface area contributed by atoms with Crippen LogP contribution in [-0.4, -0.2) is 52.7 Å². The summed E-state index contributed by atoms with van der Waals surface area (Å²) in [7, 11) is 0. The average Bonchev–Trinajstić information content (AvgIpc) is 2.59. The van der Waals surface area contributed by atoms with E-state index in [1.165, 1.54) is 25.8 Å². The minimum absolute atomic E-state index is 0.124. The summed E-state index contributed by atoms with van der Waals surface area (Å²) < 4.78 is 0. The molecule has 140 valence electrons. The Morgan fingerprint density at radius 3 is 2.64 bits per heavy atom. The molecule has 1 atom stereocenters. The largest absolute Gasteiger partial charge is 0.356 e. The van der Waals surface area contributed by atoms with Crippen molar-refractivity contribution in [3.63, 3.8) is 0 Å². The van der Waals surface area contributed by atoms with Gasteiger partial charge in [0.15, 0.2) is 5.16 Å². The molecule has 1 saturated heterocycles. The van der Waals surface area contributed by atoms with E-state index in [0.29, 0.717) is 18.9 Å². The molecular formula is C19H32N4OS. The molecule has 0 saturated carbocycles. The van der Waals surface area contributed by atoms with E-state index >= 15 is 0 Å². The normalized spacial score (nSPS) is 18.3. The lowest BCUT2D eigenvalue weighted by molar-refractivity contribution is -0.121. The summed E-state index contributed by atoms with van der Waals surface area (Å²) in [6.45, 7) is 9.38. The van der Waals surface area contributed by atoms with Crippen LogP contribution in [0, 0.1) is 13.8 Å². The number of nitrogens with one attached hydrogen (secondary N) is 1. The second-order valence-corrected chi connectivity index (χ2v) is 7.72. The zero-order valence-electron chi connectivity index (χ0n) is 16.1. The number of carbonyl (C=O) groups is 1. The monoisotopic (exact) mass is 364 g/mol. The topological polar surface area (TPSA) is 58.1 Å². The molecule has 2 heterocycles. The van der Waals surface area contributed by atoms with Gasteiger partial charge in [-0.25, -0.2) is 9.97 Å². The lowest BCUT2D eigenvalue weighted by atomic mass is 10.0. The molecule has 6 heteroatoms. The van der Waals surface area contributed by atoms with Crippen LogP contribution in [0.5, 0.6) is 0 Å². The van der Waals surface area contributed by atoms with Crippen LogP contribution in [0.15, 0.2) is 5.16 Å². The van der Waals surface area contributed by atoms with Crippen molar-refractivity contribution in [3.05, 3.63) is 17.0 Å². The van der Waals surface area contributed by atoms with Crippen LogP contribution in [0.25, 0.3) is 0 Å². The minimum atomic E-state index is 0.124. The SMILES string of the molecule is CSc1nc(C)c(CCC(=O)NCCCN2CCCC[C@H]2C)c(C)n1. The van der Waals surface area contributed by atoms with E-state index in [1.807, 2.05) is 20.1 Å². The van der Waals surface area contributed by atoms with E-state index in [2.05, 4.69) is 27.1 Å². The Kier molecular flexibility index (Phi) is 8.16. The van der Waals surface area contributed by atoms with Crippen molar-refractivity contribution in [2.24, 2.45) is 0 Å². The van der Waals surface area contributed by atoms with Gasteiger partial charge < -0.3 is 10.2 Å². The van der Waals surface area contributed by atoms with E-state index in [4.69, 9.17) is 0 Å². The van der Waals surface area contributed by atoms with Gasteiger partial charge in [0, 0.05) is 36.9 Å². The second-order valence-electron chi connectivity index (χ2n) is 6.94. The quantitative estimate of drug-likeness (QED) is 0.436. The minimum Gasteiger partial charge on any atom is -0.356 e. The lowest BCUT2D eigenvalue weighted by Crippen LogP contribution is -2.39. The molecule has 2 rings (SSSR count). The highest BCUT2D eigenvalue weighted by Crippen LogP contribution is 2.17. The average molecular weight is 365 g/mol. The predicted octanol–water partition coefficient (Wildman–Crippen LogP) is 3.13. The lowest BCUT2D eigenvalue weighted by Gasteiger charge is -2.33. The van der Waals surface area contributed by atoms with Crippen molar-refractivity contribution in [1.82, 2.24) is 20.2 Å². The number of rotatable bonds is 8.